The number of aryl methyl sites for hydroxylation is 1. The largest absolute Gasteiger partial charge is 0.489 e. The number of benzene rings is 1. The molecule has 0 spiro atoms. The zero-order valence-corrected chi connectivity index (χ0v) is 12.0. The molecule has 1 N–H and O–H groups in total. The number of fused-ring (bicyclic) bond motifs is 1. The molecule has 21 heavy (non-hydrogen) atoms. The first-order chi connectivity index (χ1) is 10.1. The van der Waals surface area contributed by atoms with E-state index in [0.29, 0.717) is 24.5 Å². The third-order valence-corrected chi connectivity index (χ3v) is 3.33. The van der Waals surface area contributed by atoms with E-state index in [1.54, 1.807) is 18.0 Å². The van der Waals surface area contributed by atoms with Crippen molar-refractivity contribution in [2.24, 2.45) is 0 Å². The molecule has 6 heteroatoms. The van der Waals surface area contributed by atoms with Gasteiger partial charge in [0.15, 0.2) is 5.75 Å². The van der Waals surface area contributed by atoms with Crippen molar-refractivity contribution in [2.75, 3.05) is 25.5 Å². The number of para-hydroxylation sites is 1. The molecule has 0 saturated carbocycles. The number of nitrogens with one attached hydrogen (secondary N) is 1. The first kappa shape index (κ1) is 13.5. The van der Waals surface area contributed by atoms with E-state index in [-0.39, 0.29) is 5.91 Å². The lowest BCUT2D eigenvalue weighted by Gasteiger charge is -2.23. The fourth-order valence-corrected chi connectivity index (χ4v) is 2.35. The van der Waals surface area contributed by atoms with Crippen molar-refractivity contribution in [1.82, 2.24) is 10.1 Å². The van der Waals surface area contributed by atoms with Gasteiger partial charge in [-0.25, -0.2) is 0 Å². The summed E-state index contributed by atoms with van der Waals surface area (Å²) in [6.45, 7) is 3.53. The second-order valence-electron chi connectivity index (χ2n) is 5.05. The Balaban J connectivity index is 1.81. The molecule has 6 nitrogen and oxygen atoms in total. The van der Waals surface area contributed by atoms with Crippen molar-refractivity contribution in [3.8, 4) is 5.75 Å². The summed E-state index contributed by atoms with van der Waals surface area (Å²) in [4.78, 5) is 14.2. The van der Waals surface area contributed by atoms with Crippen LogP contribution in [0.1, 0.15) is 21.8 Å². The predicted molar refractivity (Wildman–Crippen MR) is 77.5 cm³/mol. The van der Waals surface area contributed by atoms with E-state index in [0.717, 1.165) is 23.7 Å². The zero-order chi connectivity index (χ0) is 14.8. The van der Waals surface area contributed by atoms with Crippen molar-refractivity contribution in [3.05, 3.63) is 41.3 Å². The molecule has 2 heterocycles. The highest BCUT2D eigenvalue weighted by Crippen LogP contribution is 2.32. The molecule has 0 atom stereocenters. The van der Waals surface area contributed by atoms with Crippen LogP contribution in [0.5, 0.6) is 5.75 Å². The molecule has 0 unspecified atom stereocenters. The third kappa shape index (κ3) is 2.69. The summed E-state index contributed by atoms with van der Waals surface area (Å²) in [5.41, 5.74) is 2.15. The van der Waals surface area contributed by atoms with Gasteiger partial charge in [0.1, 0.15) is 18.1 Å². The van der Waals surface area contributed by atoms with Gasteiger partial charge < -0.3 is 19.5 Å². The lowest BCUT2D eigenvalue weighted by atomic mass is 10.1. The van der Waals surface area contributed by atoms with Crippen LogP contribution in [-0.4, -0.2) is 36.2 Å². The molecular weight excluding hydrogens is 270 g/mol. The average molecular weight is 287 g/mol. The van der Waals surface area contributed by atoms with Gasteiger partial charge in [-0.3, -0.25) is 4.79 Å². The van der Waals surface area contributed by atoms with Gasteiger partial charge >= 0.3 is 0 Å². The van der Waals surface area contributed by atoms with E-state index in [1.165, 1.54) is 0 Å². The maximum Gasteiger partial charge on any atom is 0.257 e. The standard InChI is InChI=1S/C15H17N3O3/c1-10-8-11(17-21-10)9-18(2)15(19)12-4-3-5-13-14(12)20-7-6-16-13/h3-5,8,16H,6-7,9H2,1-2H3. The summed E-state index contributed by atoms with van der Waals surface area (Å²) >= 11 is 0. The van der Waals surface area contributed by atoms with Gasteiger partial charge in [0, 0.05) is 19.7 Å². The molecule has 1 aliphatic rings. The number of anilines is 1. The summed E-state index contributed by atoms with van der Waals surface area (Å²) in [7, 11) is 1.74. The van der Waals surface area contributed by atoms with E-state index < -0.39 is 0 Å². The Hall–Kier alpha value is -2.50. The van der Waals surface area contributed by atoms with E-state index >= 15 is 0 Å². The Morgan fingerprint density at radius 2 is 2.33 bits per heavy atom. The summed E-state index contributed by atoms with van der Waals surface area (Å²) in [6, 6.07) is 7.36. The van der Waals surface area contributed by atoms with Crippen molar-refractivity contribution in [3.63, 3.8) is 0 Å². The number of ether oxygens (including phenoxy) is 1. The zero-order valence-electron chi connectivity index (χ0n) is 12.0. The third-order valence-electron chi connectivity index (χ3n) is 3.33. The molecule has 1 aromatic carbocycles. The van der Waals surface area contributed by atoms with Gasteiger partial charge in [-0.2, -0.15) is 0 Å². The van der Waals surface area contributed by atoms with Crippen molar-refractivity contribution in [2.45, 2.75) is 13.5 Å². The number of carbonyl (C=O) groups excluding carboxylic acids is 1. The minimum atomic E-state index is -0.101. The topological polar surface area (TPSA) is 67.6 Å². The second kappa shape index (κ2) is 5.47. The van der Waals surface area contributed by atoms with Gasteiger partial charge in [-0.05, 0) is 19.1 Å². The van der Waals surface area contributed by atoms with Gasteiger partial charge in [0.05, 0.1) is 17.8 Å². The Morgan fingerprint density at radius 1 is 1.48 bits per heavy atom. The van der Waals surface area contributed by atoms with Gasteiger partial charge in [-0.1, -0.05) is 11.2 Å². The molecule has 0 fully saturated rings. The van der Waals surface area contributed by atoms with Crippen LogP contribution < -0.4 is 10.1 Å². The quantitative estimate of drug-likeness (QED) is 0.936. The SMILES string of the molecule is Cc1cc(CN(C)C(=O)c2cccc3c2OCCN3)no1. The number of aromatic nitrogens is 1. The molecule has 1 aliphatic heterocycles. The molecule has 0 bridgehead atoms. The average Bonchev–Trinajstić information content (AvgIpc) is 2.91. The smallest absolute Gasteiger partial charge is 0.257 e. The normalized spacial score (nSPS) is 13.0. The molecule has 0 aliphatic carbocycles. The van der Waals surface area contributed by atoms with Crippen LogP contribution in [0.3, 0.4) is 0 Å². The molecular formula is C15H17N3O3. The molecule has 0 saturated heterocycles. The van der Waals surface area contributed by atoms with E-state index in [2.05, 4.69) is 10.5 Å². The van der Waals surface area contributed by atoms with Crippen molar-refractivity contribution < 1.29 is 14.1 Å². The van der Waals surface area contributed by atoms with Crippen LogP contribution in [0.4, 0.5) is 5.69 Å². The fourth-order valence-electron chi connectivity index (χ4n) is 2.35. The second-order valence-corrected chi connectivity index (χ2v) is 5.05. The highest BCUT2D eigenvalue weighted by atomic mass is 16.5. The highest BCUT2D eigenvalue weighted by Gasteiger charge is 2.22. The Labute approximate surface area is 122 Å². The minimum Gasteiger partial charge on any atom is -0.489 e. The van der Waals surface area contributed by atoms with Gasteiger partial charge in [-0.15, -0.1) is 0 Å². The minimum absolute atomic E-state index is 0.101. The lowest BCUT2D eigenvalue weighted by molar-refractivity contribution is 0.0777. The number of carbonyl (C=O) groups is 1. The molecule has 1 amide bonds. The highest BCUT2D eigenvalue weighted by molar-refractivity contribution is 5.98. The van der Waals surface area contributed by atoms with Crippen LogP contribution in [0.2, 0.25) is 0 Å². The van der Waals surface area contributed by atoms with E-state index in [1.807, 2.05) is 25.1 Å². The van der Waals surface area contributed by atoms with E-state index in [4.69, 9.17) is 9.26 Å². The van der Waals surface area contributed by atoms with Gasteiger partial charge in [0.25, 0.3) is 5.91 Å². The maximum absolute atomic E-state index is 12.6. The first-order valence-corrected chi connectivity index (χ1v) is 6.82. The van der Waals surface area contributed by atoms with Crippen LogP contribution in [0.15, 0.2) is 28.8 Å². The van der Waals surface area contributed by atoms with Crippen molar-refractivity contribution >= 4 is 11.6 Å². The lowest BCUT2D eigenvalue weighted by Crippen LogP contribution is -2.28. The maximum atomic E-state index is 12.6. The van der Waals surface area contributed by atoms with Crippen LogP contribution in [0.25, 0.3) is 0 Å². The predicted octanol–water partition coefficient (Wildman–Crippen LogP) is 2.06. The van der Waals surface area contributed by atoms with Crippen molar-refractivity contribution in [1.29, 1.82) is 0 Å². The fraction of sp³-hybridized carbons (Fsp3) is 0.333. The van der Waals surface area contributed by atoms with Crippen LogP contribution in [-0.2, 0) is 6.54 Å². The number of amides is 1. The summed E-state index contributed by atoms with van der Waals surface area (Å²) < 4.78 is 10.7. The molecule has 1 aromatic heterocycles. The molecule has 3 rings (SSSR count). The van der Waals surface area contributed by atoms with Crippen LogP contribution in [0, 0.1) is 6.92 Å². The Morgan fingerprint density at radius 3 is 3.10 bits per heavy atom. The summed E-state index contributed by atoms with van der Waals surface area (Å²) in [6.07, 6.45) is 0. The van der Waals surface area contributed by atoms with Gasteiger partial charge in [0.2, 0.25) is 0 Å². The number of nitrogens with zero attached hydrogens (tertiary/aromatic N) is 2. The molecule has 110 valence electrons. The first-order valence-electron chi connectivity index (χ1n) is 6.82. The van der Waals surface area contributed by atoms with Crippen LogP contribution >= 0.6 is 0 Å². The molecule has 2 aromatic rings. The van der Waals surface area contributed by atoms with E-state index in [9.17, 15) is 4.79 Å². The molecule has 0 radical (unpaired) electrons. The summed E-state index contributed by atoms with van der Waals surface area (Å²) in [5, 5.41) is 7.13. The number of hydrogen-bond donors (Lipinski definition) is 1. The Kier molecular flexibility index (Phi) is 3.51. The number of hydrogen-bond acceptors (Lipinski definition) is 5. The Bertz CT molecular complexity index is 666. The monoisotopic (exact) mass is 287 g/mol. The summed E-state index contributed by atoms with van der Waals surface area (Å²) in [5.74, 6) is 1.25. The number of rotatable bonds is 3.